The second-order valence-electron chi connectivity index (χ2n) is 6.45. The van der Waals surface area contributed by atoms with Gasteiger partial charge in [0.15, 0.2) is 0 Å². The highest BCUT2D eigenvalue weighted by molar-refractivity contribution is 5.78. The number of amides is 2. The number of hydrogen-bond acceptors (Lipinski definition) is 4. The molecule has 126 valence electrons. The van der Waals surface area contributed by atoms with Crippen LogP contribution in [0.5, 0.6) is 0 Å². The topological polar surface area (TPSA) is 78.7 Å². The molecule has 2 fully saturated rings. The SMILES string of the molecule is NCCCC(=O)N1CCN(CC(=O)NC2CCCCC2)CC1. The van der Waals surface area contributed by atoms with E-state index in [1.54, 1.807) is 0 Å². The van der Waals surface area contributed by atoms with Gasteiger partial charge in [-0.3, -0.25) is 14.5 Å². The number of hydrogen-bond donors (Lipinski definition) is 2. The first-order chi connectivity index (χ1) is 10.7. The van der Waals surface area contributed by atoms with Gasteiger partial charge >= 0.3 is 0 Å². The molecule has 0 spiro atoms. The van der Waals surface area contributed by atoms with E-state index in [-0.39, 0.29) is 11.8 Å². The molecule has 0 aromatic rings. The molecule has 2 amide bonds. The summed E-state index contributed by atoms with van der Waals surface area (Å²) in [6, 6.07) is 0.375. The molecule has 0 aromatic carbocycles. The summed E-state index contributed by atoms with van der Waals surface area (Å²) in [4.78, 5) is 28.0. The van der Waals surface area contributed by atoms with Gasteiger partial charge in [0.25, 0.3) is 0 Å². The highest BCUT2D eigenvalue weighted by Crippen LogP contribution is 2.17. The van der Waals surface area contributed by atoms with Crippen LogP contribution in [0, 0.1) is 0 Å². The molecule has 0 atom stereocenters. The molecular formula is C16H30N4O2. The zero-order valence-electron chi connectivity index (χ0n) is 13.6. The van der Waals surface area contributed by atoms with Crippen LogP contribution >= 0.6 is 0 Å². The van der Waals surface area contributed by atoms with Crippen LogP contribution in [-0.4, -0.2) is 66.9 Å². The summed E-state index contributed by atoms with van der Waals surface area (Å²) in [6.07, 6.45) is 7.29. The van der Waals surface area contributed by atoms with Gasteiger partial charge in [0.05, 0.1) is 6.54 Å². The molecule has 0 aromatic heterocycles. The van der Waals surface area contributed by atoms with Crippen LogP contribution in [0.25, 0.3) is 0 Å². The maximum absolute atomic E-state index is 12.1. The van der Waals surface area contributed by atoms with E-state index in [4.69, 9.17) is 5.73 Å². The molecule has 1 saturated heterocycles. The first kappa shape index (κ1) is 17.2. The molecule has 1 heterocycles. The van der Waals surface area contributed by atoms with Crippen LogP contribution in [0.1, 0.15) is 44.9 Å². The van der Waals surface area contributed by atoms with Crippen LogP contribution in [-0.2, 0) is 9.59 Å². The molecule has 22 heavy (non-hydrogen) atoms. The summed E-state index contributed by atoms with van der Waals surface area (Å²) < 4.78 is 0. The highest BCUT2D eigenvalue weighted by atomic mass is 16.2. The molecule has 1 aliphatic carbocycles. The van der Waals surface area contributed by atoms with Crippen molar-refractivity contribution in [2.24, 2.45) is 5.73 Å². The lowest BCUT2D eigenvalue weighted by molar-refractivity contribution is -0.133. The Morgan fingerprint density at radius 2 is 1.73 bits per heavy atom. The number of nitrogens with two attached hydrogens (primary N) is 1. The summed E-state index contributed by atoms with van der Waals surface area (Å²) in [7, 11) is 0. The summed E-state index contributed by atoms with van der Waals surface area (Å²) >= 11 is 0. The quantitative estimate of drug-likeness (QED) is 0.740. The number of nitrogens with zero attached hydrogens (tertiary/aromatic N) is 2. The van der Waals surface area contributed by atoms with E-state index in [1.165, 1.54) is 19.3 Å². The van der Waals surface area contributed by atoms with Crippen molar-refractivity contribution in [3.05, 3.63) is 0 Å². The lowest BCUT2D eigenvalue weighted by Crippen LogP contribution is -2.52. The first-order valence-electron chi connectivity index (χ1n) is 8.68. The van der Waals surface area contributed by atoms with Crippen LogP contribution in [0.4, 0.5) is 0 Å². The Morgan fingerprint density at radius 1 is 1.05 bits per heavy atom. The zero-order valence-corrected chi connectivity index (χ0v) is 13.6. The van der Waals surface area contributed by atoms with Gasteiger partial charge in [-0.1, -0.05) is 19.3 Å². The van der Waals surface area contributed by atoms with E-state index in [1.807, 2.05) is 4.90 Å². The predicted molar refractivity (Wildman–Crippen MR) is 86.3 cm³/mol. The van der Waals surface area contributed by atoms with Crippen molar-refractivity contribution in [2.45, 2.75) is 51.0 Å². The number of rotatable bonds is 6. The molecule has 3 N–H and O–H groups in total. The molecule has 1 saturated carbocycles. The predicted octanol–water partition coefficient (Wildman–Crippen LogP) is 0.318. The van der Waals surface area contributed by atoms with E-state index < -0.39 is 0 Å². The standard InChI is InChI=1S/C16H30N4O2/c17-8-4-7-16(22)20-11-9-19(10-12-20)13-15(21)18-14-5-2-1-3-6-14/h14H,1-13,17H2,(H,18,21). The van der Waals surface area contributed by atoms with E-state index >= 15 is 0 Å². The Bertz CT molecular complexity index is 361. The van der Waals surface area contributed by atoms with Gasteiger partial charge in [-0.25, -0.2) is 0 Å². The van der Waals surface area contributed by atoms with Crippen molar-refractivity contribution in [3.8, 4) is 0 Å². The van der Waals surface area contributed by atoms with Crippen molar-refractivity contribution in [3.63, 3.8) is 0 Å². The smallest absolute Gasteiger partial charge is 0.234 e. The molecule has 2 rings (SSSR count). The number of carbonyl (C=O) groups excluding carboxylic acids is 2. The number of carbonyl (C=O) groups is 2. The molecular weight excluding hydrogens is 280 g/mol. The van der Waals surface area contributed by atoms with Gasteiger partial charge in [-0.15, -0.1) is 0 Å². The summed E-state index contributed by atoms with van der Waals surface area (Å²) in [5.41, 5.74) is 5.44. The average Bonchev–Trinajstić information content (AvgIpc) is 2.54. The fourth-order valence-corrected chi connectivity index (χ4v) is 3.29. The third kappa shape index (κ3) is 5.57. The normalized spacial score (nSPS) is 20.9. The van der Waals surface area contributed by atoms with E-state index in [0.717, 1.165) is 45.4 Å². The monoisotopic (exact) mass is 310 g/mol. The van der Waals surface area contributed by atoms with Crippen LogP contribution in [0.3, 0.4) is 0 Å². The fraction of sp³-hybridized carbons (Fsp3) is 0.875. The molecule has 6 nitrogen and oxygen atoms in total. The zero-order chi connectivity index (χ0) is 15.8. The van der Waals surface area contributed by atoms with Crippen LogP contribution in [0.15, 0.2) is 0 Å². The highest BCUT2D eigenvalue weighted by Gasteiger charge is 2.23. The molecule has 0 bridgehead atoms. The second-order valence-corrected chi connectivity index (χ2v) is 6.45. The molecule has 1 aliphatic heterocycles. The number of nitrogens with one attached hydrogen (secondary N) is 1. The first-order valence-corrected chi connectivity index (χ1v) is 8.68. The summed E-state index contributed by atoms with van der Waals surface area (Å²) in [5.74, 6) is 0.326. The minimum Gasteiger partial charge on any atom is -0.352 e. The number of piperazine rings is 1. The van der Waals surface area contributed by atoms with Crippen molar-refractivity contribution < 1.29 is 9.59 Å². The van der Waals surface area contributed by atoms with Crippen molar-refractivity contribution in [1.29, 1.82) is 0 Å². The third-order valence-corrected chi connectivity index (χ3v) is 4.66. The van der Waals surface area contributed by atoms with Crippen molar-refractivity contribution in [2.75, 3.05) is 39.3 Å². The largest absolute Gasteiger partial charge is 0.352 e. The Hall–Kier alpha value is -1.14. The Labute approximate surface area is 133 Å². The molecule has 6 heteroatoms. The van der Waals surface area contributed by atoms with Crippen LogP contribution in [0.2, 0.25) is 0 Å². The maximum Gasteiger partial charge on any atom is 0.234 e. The minimum absolute atomic E-state index is 0.134. The Morgan fingerprint density at radius 3 is 2.36 bits per heavy atom. The Balaban J connectivity index is 1.64. The summed E-state index contributed by atoms with van der Waals surface area (Å²) in [5, 5.41) is 3.15. The average molecular weight is 310 g/mol. The van der Waals surface area contributed by atoms with Gasteiger partial charge in [-0.2, -0.15) is 0 Å². The van der Waals surface area contributed by atoms with E-state index in [0.29, 0.717) is 25.6 Å². The third-order valence-electron chi connectivity index (χ3n) is 4.66. The van der Waals surface area contributed by atoms with Crippen molar-refractivity contribution in [1.82, 2.24) is 15.1 Å². The molecule has 0 radical (unpaired) electrons. The van der Waals surface area contributed by atoms with Crippen molar-refractivity contribution >= 4 is 11.8 Å². The second kappa shape index (κ2) is 9.10. The fourth-order valence-electron chi connectivity index (χ4n) is 3.29. The van der Waals surface area contributed by atoms with E-state index in [2.05, 4.69) is 10.2 Å². The molecule has 0 unspecified atom stereocenters. The van der Waals surface area contributed by atoms with Gasteiger partial charge < -0.3 is 16.0 Å². The minimum atomic E-state index is 0.134. The molecule has 2 aliphatic rings. The van der Waals surface area contributed by atoms with Gasteiger partial charge in [0, 0.05) is 38.6 Å². The summed E-state index contributed by atoms with van der Waals surface area (Å²) in [6.45, 7) is 4.04. The van der Waals surface area contributed by atoms with Gasteiger partial charge in [-0.05, 0) is 25.8 Å². The van der Waals surface area contributed by atoms with Gasteiger partial charge in [0.1, 0.15) is 0 Å². The maximum atomic E-state index is 12.1. The van der Waals surface area contributed by atoms with E-state index in [9.17, 15) is 9.59 Å². The Kier molecular flexibility index (Phi) is 7.12. The lowest BCUT2D eigenvalue weighted by atomic mass is 9.95. The lowest BCUT2D eigenvalue weighted by Gasteiger charge is -2.34. The van der Waals surface area contributed by atoms with Crippen LogP contribution < -0.4 is 11.1 Å². The van der Waals surface area contributed by atoms with Gasteiger partial charge in [0.2, 0.25) is 11.8 Å².